The van der Waals surface area contributed by atoms with Crippen LogP contribution in [0.5, 0.6) is 0 Å². The van der Waals surface area contributed by atoms with Crippen LogP contribution in [0.3, 0.4) is 0 Å². The number of benzene rings is 2. The normalized spacial score (nSPS) is 11.6. The second-order valence-electron chi connectivity index (χ2n) is 10.4. The zero-order valence-electron chi connectivity index (χ0n) is 23.1. The molecule has 0 aliphatic carbocycles. The second kappa shape index (κ2) is 10.6. The number of halogens is 2. The molecule has 3 N–H and O–H groups in total. The van der Waals surface area contributed by atoms with E-state index in [-0.39, 0.29) is 11.3 Å². The van der Waals surface area contributed by atoms with Crippen molar-refractivity contribution in [2.24, 2.45) is 0 Å². The zero-order valence-corrected chi connectivity index (χ0v) is 23.1. The largest absolute Gasteiger partial charge is 0.384 e. The van der Waals surface area contributed by atoms with Gasteiger partial charge in [0.2, 0.25) is 0 Å². The van der Waals surface area contributed by atoms with Crippen LogP contribution in [0.1, 0.15) is 0 Å². The molecule has 6 aromatic rings. The molecule has 41 heavy (non-hydrogen) atoms. The molecule has 0 atom stereocenters. The van der Waals surface area contributed by atoms with E-state index in [1.165, 1.54) is 18.2 Å². The molecule has 0 saturated heterocycles. The maximum Gasteiger partial charge on any atom is 0.178 e. The number of fused-ring (bicyclic) bond motifs is 2. The number of hydrogen-bond acceptors (Lipinski definition) is 7. The number of aromatic amines is 2. The summed E-state index contributed by atoms with van der Waals surface area (Å²) in [7, 11) is 7.82. The lowest BCUT2D eigenvalue weighted by atomic mass is 10.0. The highest BCUT2D eigenvalue weighted by molar-refractivity contribution is 5.98. The van der Waals surface area contributed by atoms with Crippen molar-refractivity contribution in [3.8, 4) is 33.8 Å². The van der Waals surface area contributed by atoms with Gasteiger partial charge >= 0.3 is 0 Å². The summed E-state index contributed by atoms with van der Waals surface area (Å²) < 4.78 is 29.9. The summed E-state index contributed by atoms with van der Waals surface area (Å²) in [5, 5.41) is 11.0. The molecule has 2 aromatic carbocycles. The molecule has 6 rings (SSSR count). The Bertz CT molecular complexity index is 1870. The van der Waals surface area contributed by atoms with E-state index < -0.39 is 5.82 Å². The minimum Gasteiger partial charge on any atom is -0.384 e. The van der Waals surface area contributed by atoms with Crippen molar-refractivity contribution in [3.63, 3.8) is 0 Å². The molecular formula is C30H29F2N9. The fourth-order valence-corrected chi connectivity index (χ4v) is 4.79. The molecular weight excluding hydrogens is 524 g/mol. The Morgan fingerprint density at radius 1 is 0.927 bits per heavy atom. The van der Waals surface area contributed by atoms with Gasteiger partial charge in [-0.3, -0.25) is 10.1 Å². The molecule has 0 radical (unpaired) electrons. The van der Waals surface area contributed by atoms with Crippen LogP contribution in [0, 0.1) is 11.6 Å². The molecule has 0 amide bonds. The molecule has 0 unspecified atom stereocenters. The molecule has 9 nitrogen and oxygen atoms in total. The highest BCUT2D eigenvalue weighted by Crippen LogP contribution is 2.35. The number of likely N-dealkylation sites (N-methyl/N-ethyl adjacent to an activating group) is 1. The first-order valence-corrected chi connectivity index (χ1v) is 13.1. The van der Waals surface area contributed by atoms with Gasteiger partial charge in [0.1, 0.15) is 17.0 Å². The summed E-state index contributed by atoms with van der Waals surface area (Å²) in [6.07, 6.45) is 5.09. The van der Waals surface area contributed by atoms with E-state index in [4.69, 9.17) is 0 Å². The van der Waals surface area contributed by atoms with Crippen LogP contribution >= 0.6 is 0 Å². The van der Waals surface area contributed by atoms with Gasteiger partial charge in [-0.1, -0.05) is 0 Å². The van der Waals surface area contributed by atoms with E-state index in [0.717, 1.165) is 23.4 Å². The van der Waals surface area contributed by atoms with Gasteiger partial charge in [-0.2, -0.15) is 5.10 Å². The maximum absolute atomic E-state index is 15.2. The molecule has 208 valence electrons. The Morgan fingerprint density at radius 3 is 2.59 bits per heavy atom. The van der Waals surface area contributed by atoms with Gasteiger partial charge in [-0.25, -0.2) is 18.7 Å². The van der Waals surface area contributed by atoms with Gasteiger partial charge in [-0.15, -0.1) is 0 Å². The van der Waals surface area contributed by atoms with Gasteiger partial charge in [0.05, 0.1) is 17.4 Å². The average molecular weight is 554 g/mol. The minimum absolute atomic E-state index is 0.202. The molecule has 0 saturated carbocycles. The van der Waals surface area contributed by atoms with Crippen LogP contribution in [0.15, 0.2) is 61.1 Å². The van der Waals surface area contributed by atoms with Crippen LogP contribution in [-0.4, -0.2) is 76.3 Å². The molecule has 0 aliphatic rings. The van der Waals surface area contributed by atoms with Crippen molar-refractivity contribution >= 4 is 33.4 Å². The lowest BCUT2D eigenvalue weighted by Crippen LogP contribution is -2.20. The quantitative estimate of drug-likeness (QED) is 0.227. The summed E-state index contributed by atoms with van der Waals surface area (Å²) in [4.78, 5) is 20.7. The van der Waals surface area contributed by atoms with E-state index in [0.29, 0.717) is 51.4 Å². The summed E-state index contributed by atoms with van der Waals surface area (Å²) in [6.45, 7) is 1.49. The van der Waals surface area contributed by atoms with Crippen molar-refractivity contribution in [2.45, 2.75) is 0 Å². The number of hydrogen-bond donors (Lipinski definition) is 3. The topological polar surface area (TPSA) is 102 Å². The SMILES string of the molecule is CN(C)CCNc1cc(F)cc(-c2ccnc3nc(-c4[nH]nc5c(F)cc(-c6cncc(N(C)C)c6)cc45)[nH]c23)c1. The molecule has 4 aromatic heterocycles. The predicted octanol–water partition coefficient (Wildman–Crippen LogP) is 5.55. The Kier molecular flexibility index (Phi) is 6.80. The molecule has 0 fully saturated rings. The first-order valence-electron chi connectivity index (χ1n) is 13.1. The van der Waals surface area contributed by atoms with Crippen LogP contribution in [-0.2, 0) is 0 Å². The van der Waals surface area contributed by atoms with E-state index >= 15 is 4.39 Å². The fraction of sp³-hybridized carbons (Fsp3) is 0.200. The highest BCUT2D eigenvalue weighted by Gasteiger charge is 2.19. The van der Waals surface area contributed by atoms with Crippen molar-refractivity contribution in [2.75, 3.05) is 51.5 Å². The lowest BCUT2D eigenvalue weighted by Gasteiger charge is -2.13. The number of imidazole rings is 1. The zero-order chi connectivity index (χ0) is 28.7. The summed E-state index contributed by atoms with van der Waals surface area (Å²) in [5.41, 5.74) is 6.25. The van der Waals surface area contributed by atoms with E-state index in [1.807, 2.05) is 57.4 Å². The first kappa shape index (κ1) is 26.3. The van der Waals surface area contributed by atoms with Gasteiger partial charge in [0.15, 0.2) is 17.3 Å². The van der Waals surface area contributed by atoms with Crippen LogP contribution in [0.25, 0.3) is 55.8 Å². The van der Waals surface area contributed by atoms with Gasteiger partial charge < -0.3 is 20.1 Å². The van der Waals surface area contributed by atoms with Gasteiger partial charge in [0, 0.05) is 61.8 Å². The van der Waals surface area contributed by atoms with Crippen molar-refractivity contribution in [3.05, 3.63) is 72.7 Å². The monoisotopic (exact) mass is 553 g/mol. The standard InChI is InChI=1S/C30H29F2N9/c1-40(2)8-7-34-21-10-18(9-20(31)14-21)23-5-6-35-29-27(23)36-30(37-29)28-24-12-17(13-25(32)26(24)38-39-28)19-11-22(41(3)4)16-33-15-19/h5-6,9-16,34H,7-8H2,1-4H3,(H,38,39)(H,35,36,37). The Hall–Kier alpha value is -4.90. The number of nitrogens with zero attached hydrogens (tertiary/aromatic N) is 6. The number of pyridine rings is 2. The van der Waals surface area contributed by atoms with Crippen molar-refractivity contribution in [1.29, 1.82) is 0 Å². The number of anilines is 2. The van der Waals surface area contributed by atoms with Gasteiger partial charge in [-0.05, 0) is 67.7 Å². The Morgan fingerprint density at radius 2 is 1.78 bits per heavy atom. The molecule has 0 spiro atoms. The molecule has 11 heteroatoms. The average Bonchev–Trinajstić information content (AvgIpc) is 3.57. The summed E-state index contributed by atoms with van der Waals surface area (Å²) >= 11 is 0. The fourth-order valence-electron chi connectivity index (χ4n) is 4.79. The molecule has 0 aliphatic heterocycles. The molecule has 0 bridgehead atoms. The van der Waals surface area contributed by atoms with Crippen LogP contribution in [0.2, 0.25) is 0 Å². The predicted molar refractivity (Wildman–Crippen MR) is 159 cm³/mol. The maximum atomic E-state index is 15.2. The lowest BCUT2D eigenvalue weighted by molar-refractivity contribution is 0.425. The third-order valence-electron chi connectivity index (χ3n) is 6.91. The first-order chi connectivity index (χ1) is 19.8. The minimum atomic E-state index is -0.459. The third-order valence-corrected chi connectivity index (χ3v) is 6.91. The van der Waals surface area contributed by atoms with Crippen LogP contribution in [0.4, 0.5) is 20.2 Å². The third kappa shape index (κ3) is 5.19. The van der Waals surface area contributed by atoms with E-state index in [2.05, 4.69) is 40.3 Å². The number of H-pyrrole nitrogens is 2. The second-order valence-corrected chi connectivity index (χ2v) is 10.4. The Balaban J connectivity index is 1.42. The van der Waals surface area contributed by atoms with Gasteiger partial charge in [0.25, 0.3) is 0 Å². The van der Waals surface area contributed by atoms with Crippen molar-refractivity contribution in [1.82, 2.24) is 35.0 Å². The smallest absolute Gasteiger partial charge is 0.178 e. The van der Waals surface area contributed by atoms with Crippen molar-refractivity contribution < 1.29 is 8.78 Å². The molecule has 4 heterocycles. The Labute approximate surface area is 235 Å². The summed E-state index contributed by atoms with van der Waals surface area (Å²) in [5.74, 6) is -0.367. The number of aromatic nitrogens is 6. The van der Waals surface area contributed by atoms with Crippen LogP contribution < -0.4 is 10.2 Å². The number of nitrogens with one attached hydrogen (secondary N) is 3. The highest BCUT2D eigenvalue weighted by atomic mass is 19.1. The summed E-state index contributed by atoms with van der Waals surface area (Å²) in [6, 6.07) is 11.9. The number of rotatable bonds is 8. The van der Waals surface area contributed by atoms with E-state index in [9.17, 15) is 4.39 Å². The van der Waals surface area contributed by atoms with E-state index in [1.54, 1.807) is 18.6 Å².